The van der Waals surface area contributed by atoms with E-state index in [-0.39, 0.29) is 0 Å². The van der Waals surface area contributed by atoms with Crippen LogP contribution in [0.2, 0.25) is 5.02 Å². The van der Waals surface area contributed by atoms with Crippen molar-refractivity contribution in [3.8, 4) is 11.5 Å². The highest BCUT2D eigenvalue weighted by molar-refractivity contribution is 6.33. The minimum absolute atomic E-state index is 0.582. The summed E-state index contributed by atoms with van der Waals surface area (Å²) in [5, 5.41) is 2.57. The highest BCUT2D eigenvalue weighted by atomic mass is 35.5. The molecule has 0 bridgehead atoms. The molecule has 0 aliphatic rings. The first-order chi connectivity index (χ1) is 9.77. The van der Waals surface area contributed by atoms with Gasteiger partial charge in [0.2, 0.25) is 0 Å². The van der Waals surface area contributed by atoms with Crippen molar-refractivity contribution in [3.63, 3.8) is 0 Å². The zero-order chi connectivity index (χ0) is 14.4. The van der Waals surface area contributed by atoms with E-state index in [0.717, 1.165) is 35.1 Å². The normalized spacial score (nSPS) is 10.8. The Labute approximate surface area is 129 Å². The van der Waals surface area contributed by atoms with Gasteiger partial charge in [0, 0.05) is 22.7 Å². The summed E-state index contributed by atoms with van der Waals surface area (Å²) in [6.07, 6.45) is 1.75. The SMILES string of the molecule is CCCOc1c(Cl)cc(OCCCCl)c2ccccc12. The summed E-state index contributed by atoms with van der Waals surface area (Å²) in [6.45, 7) is 3.30. The molecule has 4 heteroatoms. The Bertz CT molecular complexity index is 570. The van der Waals surface area contributed by atoms with E-state index in [0.29, 0.717) is 24.1 Å². The highest BCUT2D eigenvalue weighted by Crippen LogP contribution is 2.39. The molecule has 2 aromatic rings. The lowest BCUT2D eigenvalue weighted by atomic mass is 10.1. The average Bonchev–Trinajstić information content (AvgIpc) is 2.47. The summed E-state index contributed by atoms with van der Waals surface area (Å²) in [5.41, 5.74) is 0. The van der Waals surface area contributed by atoms with Crippen molar-refractivity contribution in [1.82, 2.24) is 0 Å². The van der Waals surface area contributed by atoms with Crippen LogP contribution in [0.15, 0.2) is 30.3 Å². The van der Waals surface area contributed by atoms with Crippen LogP contribution in [0.1, 0.15) is 19.8 Å². The molecular weight excluding hydrogens is 295 g/mol. The van der Waals surface area contributed by atoms with Crippen LogP contribution in [0.3, 0.4) is 0 Å². The maximum absolute atomic E-state index is 6.33. The van der Waals surface area contributed by atoms with Crippen LogP contribution in [-0.4, -0.2) is 19.1 Å². The van der Waals surface area contributed by atoms with Gasteiger partial charge in [-0.15, -0.1) is 11.6 Å². The maximum atomic E-state index is 6.33. The highest BCUT2D eigenvalue weighted by Gasteiger charge is 2.12. The lowest BCUT2D eigenvalue weighted by molar-refractivity contribution is 0.315. The zero-order valence-corrected chi connectivity index (χ0v) is 13.0. The first-order valence-corrected chi connectivity index (χ1v) is 7.72. The number of ether oxygens (including phenoxy) is 2. The van der Waals surface area contributed by atoms with E-state index in [1.54, 1.807) is 0 Å². The van der Waals surface area contributed by atoms with E-state index < -0.39 is 0 Å². The van der Waals surface area contributed by atoms with Crippen molar-refractivity contribution in [2.75, 3.05) is 19.1 Å². The van der Waals surface area contributed by atoms with Crippen molar-refractivity contribution in [1.29, 1.82) is 0 Å². The van der Waals surface area contributed by atoms with Crippen LogP contribution in [0.4, 0.5) is 0 Å². The minimum Gasteiger partial charge on any atom is -0.493 e. The van der Waals surface area contributed by atoms with Crippen LogP contribution < -0.4 is 9.47 Å². The van der Waals surface area contributed by atoms with Crippen molar-refractivity contribution in [2.45, 2.75) is 19.8 Å². The molecule has 0 unspecified atom stereocenters. The minimum atomic E-state index is 0.582. The molecule has 0 saturated heterocycles. The third kappa shape index (κ3) is 3.50. The lowest BCUT2D eigenvalue weighted by Crippen LogP contribution is -2.01. The monoisotopic (exact) mass is 312 g/mol. The Kier molecular flexibility index (Phi) is 5.81. The molecular formula is C16H18Cl2O2. The molecule has 0 radical (unpaired) electrons. The smallest absolute Gasteiger partial charge is 0.145 e. The van der Waals surface area contributed by atoms with Gasteiger partial charge >= 0.3 is 0 Å². The van der Waals surface area contributed by atoms with Gasteiger partial charge in [0.1, 0.15) is 11.5 Å². The van der Waals surface area contributed by atoms with Crippen molar-refractivity contribution in [3.05, 3.63) is 35.4 Å². The molecule has 0 amide bonds. The second-order valence-electron chi connectivity index (χ2n) is 4.47. The van der Waals surface area contributed by atoms with E-state index >= 15 is 0 Å². The predicted octanol–water partition coefficient (Wildman–Crippen LogP) is 5.29. The largest absolute Gasteiger partial charge is 0.493 e. The van der Waals surface area contributed by atoms with Gasteiger partial charge in [0.05, 0.1) is 18.2 Å². The Morgan fingerprint density at radius 2 is 1.80 bits per heavy atom. The number of benzene rings is 2. The second kappa shape index (κ2) is 7.61. The number of halogens is 2. The first-order valence-electron chi connectivity index (χ1n) is 6.80. The van der Waals surface area contributed by atoms with Gasteiger partial charge in [0.25, 0.3) is 0 Å². The number of hydrogen-bond acceptors (Lipinski definition) is 2. The van der Waals surface area contributed by atoms with Gasteiger partial charge in [-0.1, -0.05) is 42.8 Å². The fourth-order valence-electron chi connectivity index (χ4n) is 1.99. The summed E-state index contributed by atoms with van der Waals surface area (Å²) in [4.78, 5) is 0. The quantitative estimate of drug-likeness (QED) is 0.511. The standard InChI is InChI=1S/C16H18Cl2O2/c1-2-9-20-16-13-7-4-3-6-12(13)15(11-14(16)18)19-10-5-8-17/h3-4,6-7,11H,2,5,8-10H2,1H3. The molecule has 0 saturated carbocycles. The van der Waals surface area contributed by atoms with Crippen LogP contribution in [-0.2, 0) is 0 Å². The summed E-state index contributed by atoms with van der Waals surface area (Å²) in [7, 11) is 0. The molecule has 0 aliphatic carbocycles. The molecule has 2 aromatic carbocycles. The molecule has 2 rings (SSSR count). The second-order valence-corrected chi connectivity index (χ2v) is 5.26. The Hall–Kier alpha value is -1.12. The molecule has 108 valence electrons. The maximum Gasteiger partial charge on any atom is 0.145 e. The van der Waals surface area contributed by atoms with E-state index in [1.807, 2.05) is 30.3 Å². The number of rotatable bonds is 7. The molecule has 0 N–H and O–H groups in total. The molecule has 0 spiro atoms. The zero-order valence-electron chi connectivity index (χ0n) is 11.5. The van der Waals surface area contributed by atoms with Gasteiger partial charge in [-0.2, -0.15) is 0 Å². The van der Waals surface area contributed by atoms with Crippen LogP contribution >= 0.6 is 23.2 Å². The summed E-state index contributed by atoms with van der Waals surface area (Å²) >= 11 is 12.0. The third-order valence-corrected chi connectivity index (χ3v) is 3.45. The molecule has 0 fully saturated rings. The van der Waals surface area contributed by atoms with Crippen molar-refractivity contribution < 1.29 is 9.47 Å². The summed E-state index contributed by atoms with van der Waals surface area (Å²) < 4.78 is 11.5. The third-order valence-electron chi connectivity index (χ3n) is 2.90. The molecule has 0 aliphatic heterocycles. The Balaban J connectivity index is 2.40. The van der Waals surface area contributed by atoms with Gasteiger partial charge in [-0.25, -0.2) is 0 Å². The fraction of sp³-hybridized carbons (Fsp3) is 0.375. The fourth-order valence-corrected chi connectivity index (χ4v) is 2.35. The van der Waals surface area contributed by atoms with Gasteiger partial charge in [0.15, 0.2) is 0 Å². The predicted molar refractivity (Wildman–Crippen MR) is 85.6 cm³/mol. The Morgan fingerprint density at radius 1 is 1.05 bits per heavy atom. The van der Waals surface area contributed by atoms with Crippen LogP contribution in [0.25, 0.3) is 10.8 Å². The molecule has 0 heterocycles. The first kappa shape index (κ1) is 15.3. The van der Waals surface area contributed by atoms with Gasteiger partial charge < -0.3 is 9.47 Å². The molecule has 2 nitrogen and oxygen atoms in total. The van der Waals surface area contributed by atoms with E-state index in [2.05, 4.69) is 6.92 Å². The van der Waals surface area contributed by atoms with Crippen LogP contribution in [0.5, 0.6) is 11.5 Å². The number of fused-ring (bicyclic) bond motifs is 1. The van der Waals surface area contributed by atoms with E-state index in [9.17, 15) is 0 Å². The number of alkyl halides is 1. The van der Waals surface area contributed by atoms with Gasteiger partial charge in [-0.05, 0) is 12.8 Å². The Morgan fingerprint density at radius 3 is 2.50 bits per heavy atom. The molecule has 0 atom stereocenters. The molecule has 20 heavy (non-hydrogen) atoms. The number of hydrogen-bond donors (Lipinski definition) is 0. The lowest BCUT2D eigenvalue weighted by Gasteiger charge is -2.14. The van der Waals surface area contributed by atoms with Crippen molar-refractivity contribution in [2.24, 2.45) is 0 Å². The molecule has 0 aromatic heterocycles. The average molecular weight is 313 g/mol. The topological polar surface area (TPSA) is 18.5 Å². The summed E-state index contributed by atoms with van der Waals surface area (Å²) in [5.74, 6) is 2.09. The van der Waals surface area contributed by atoms with E-state index in [4.69, 9.17) is 32.7 Å². The van der Waals surface area contributed by atoms with Crippen LogP contribution in [0, 0.1) is 0 Å². The van der Waals surface area contributed by atoms with Gasteiger partial charge in [-0.3, -0.25) is 0 Å². The summed E-state index contributed by atoms with van der Waals surface area (Å²) in [6, 6.07) is 9.79. The van der Waals surface area contributed by atoms with E-state index in [1.165, 1.54) is 0 Å². The van der Waals surface area contributed by atoms with Crippen molar-refractivity contribution >= 4 is 34.0 Å².